The van der Waals surface area contributed by atoms with Gasteiger partial charge in [0.15, 0.2) is 0 Å². The molecule has 0 radical (unpaired) electrons. The van der Waals surface area contributed by atoms with Crippen LogP contribution >= 0.6 is 34.0 Å². The van der Waals surface area contributed by atoms with Crippen LogP contribution in [0.5, 0.6) is 0 Å². The van der Waals surface area contributed by atoms with E-state index < -0.39 is 0 Å². The van der Waals surface area contributed by atoms with Gasteiger partial charge in [-0.25, -0.2) is 0 Å². The summed E-state index contributed by atoms with van der Waals surface area (Å²) in [6.45, 7) is -0.536. The molecule has 0 aliphatic carbocycles. The molecule has 6 nitrogen and oxygen atoms in total. The topological polar surface area (TPSA) is 19.4 Å². The van der Waals surface area contributed by atoms with Crippen molar-refractivity contribution in [3.63, 3.8) is 0 Å². The fraction of sp³-hybridized carbons (Fsp3) is 0. The molecule has 0 amide bonds. The van der Waals surface area contributed by atoms with Crippen molar-refractivity contribution in [3.05, 3.63) is 413 Å². The highest BCUT2D eigenvalue weighted by Crippen LogP contribution is 2.58. The predicted octanol–water partition coefficient (Wildman–Crippen LogP) is 27.2. The molecular formula is C108H68B2N6S3. The van der Waals surface area contributed by atoms with E-state index in [0.717, 1.165) is 125 Å². The molecule has 119 heavy (non-hydrogen) atoms. The van der Waals surface area contributed by atoms with E-state index in [0.29, 0.717) is 0 Å². The fourth-order valence-corrected chi connectivity index (χ4v) is 23.6. The Hall–Kier alpha value is -14.5. The third-order valence-corrected chi connectivity index (χ3v) is 28.4. The zero-order valence-electron chi connectivity index (χ0n) is 64.3. The number of fused-ring (bicyclic) bond motifs is 17. The summed E-state index contributed by atoms with van der Waals surface area (Å²) in [5.74, 6) is 0. The van der Waals surface area contributed by atoms with Gasteiger partial charge in [0, 0.05) is 135 Å². The van der Waals surface area contributed by atoms with Crippen molar-refractivity contribution in [3.8, 4) is 22.3 Å². The molecule has 0 unspecified atom stereocenters. The maximum absolute atomic E-state index is 2.72. The van der Waals surface area contributed by atoms with Gasteiger partial charge in [-0.15, -0.1) is 34.0 Å². The van der Waals surface area contributed by atoms with Gasteiger partial charge < -0.3 is 29.4 Å². The molecule has 554 valence electrons. The first kappa shape index (κ1) is 67.8. The summed E-state index contributed by atoms with van der Waals surface area (Å²) in [6.07, 6.45) is 0. The second-order valence-corrected chi connectivity index (χ2v) is 34.5. The van der Waals surface area contributed by atoms with Gasteiger partial charge in [0.2, 0.25) is 0 Å². The largest absolute Gasteiger partial charge is 0.311 e. The molecule has 0 fully saturated rings. The number of hydrogen-bond acceptors (Lipinski definition) is 9. The summed E-state index contributed by atoms with van der Waals surface area (Å²) in [5, 5.41) is 7.43. The second-order valence-electron chi connectivity index (χ2n) is 31.3. The number of anilines is 18. The summed E-state index contributed by atoms with van der Waals surface area (Å²) in [7, 11) is 0. The smallest absolute Gasteiger partial charge is 0.252 e. The minimum Gasteiger partial charge on any atom is -0.311 e. The Kier molecular flexibility index (Phi) is 15.4. The summed E-state index contributed by atoms with van der Waals surface area (Å²) in [4.78, 5) is 15.7. The molecule has 4 aliphatic rings. The lowest BCUT2D eigenvalue weighted by Crippen LogP contribution is -2.65. The summed E-state index contributed by atoms with van der Waals surface area (Å²) in [5.41, 5.74) is 31.6. The molecule has 3 aromatic heterocycles. The van der Waals surface area contributed by atoms with Gasteiger partial charge in [0.05, 0.1) is 38.8 Å². The zero-order chi connectivity index (χ0) is 77.9. The summed E-state index contributed by atoms with van der Waals surface area (Å²) < 4.78 is 7.47. The first-order valence-electron chi connectivity index (χ1n) is 40.8. The first-order chi connectivity index (χ1) is 59.1. The molecule has 11 heteroatoms. The Morgan fingerprint density at radius 2 is 0.580 bits per heavy atom. The van der Waals surface area contributed by atoms with Crippen molar-refractivity contribution in [1.82, 2.24) is 0 Å². The van der Waals surface area contributed by atoms with Crippen LogP contribution in [0.4, 0.5) is 102 Å². The van der Waals surface area contributed by atoms with E-state index in [9.17, 15) is 0 Å². The Morgan fingerprint density at radius 1 is 0.218 bits per heavy atom. The zero-order valence-corrected chi connectivity index (χ0v) is 66.8. The minimum atomic E-state index is -0.291. The number of rotatable bonds is 12. The Labute approximate surface area is 701 Å². The molecule has 0 bridgehead atoms. The average Bonchev–Trinajstić information content (AvgIpc) is 0.880. The van der Waals surface area contributed by atoms with Crippen LogP contribution in [-0.2, 0) is 0 Å². The normalized spacial score (nSPS) is 12.9. The van der Waals surface area contributed by atoms with Gasteiger partial charge in [-0.05, 0) is 183 Å². The lowest BCUT2D eigenvalue weighted by Gasteiger charge is -2.48. The van der Waals surface area contributed by atoms with Crippen molar-refractivity contribution >= 4 is 243 Å². The Bertz CT molecular complexity index is 7630. The molecule has 0 spiro atoms. The molecule has 7 heterocycles. The summed E-state index contributed by atoms with van der Waals surface area (Å²) in [6, 6.07) is 156. The van der Waals surface area contributed by atoms with Crippen molar-refractivity contribution in [1.29, 1.82) is 0 Å². The van der Waals surface area contributed by atoms with Gasteiger partial charge >= 0.3 is 0 Å². The van der Waals surface area contributed by atoms with Crippen molar-refractivity contribution in [2.75, 3.05) is 29.4 Å². The quantitative estimate of drug-likeness (QED) is 0.113. The van der Waals surface area contributed by atoms with Gasteiger partial charge in [-0.1, -0.05) is 273 Å². The standard InChI is InChI=1S/C108H68B2N6S3/c1-7-33-69(34-8-1)77-48-29-49-78(70-35-9-2-10-36-70)107(77)112(72-39-13-4-14-40-72)76-65-96-106-97(66-76)116(90-56-32-62-102-104(90)82-47-21-28-60-100(82)118-102)93-68-92-85(67-86(93)110(106)84-52-23-25-54-88(84)115(96)89-55-31-61-101-103(89)81-46-20-27-59-99(81)117-101)109-83-51-22-24-53-87(83)113(73-41-15-5-16-42-73)94-63-75(64-95(105(94)109)114(92)74-43-17-6-18-44-74)111(71-37-11-3-12-38-71)91-57-30-50-80-79-45-19-26-58-98(79)119-108(80)91/h1-68H. The van der Waals surface area contributed by atoms with Gasteiger partial charge in [0.1, 0.15) is 0 Å². The molecular weight excluding hydrogens is 1500 g/mol. The van der Waals surface area contributed by atoms with Crippen LogP contribution in [0.15, 0.2) is 413 Å². The molecule has 0 atom stereocenters. The Morgan fingerprint density at radius 3 is 1.11 bits per heavy atom. The van der Waals surface area contributed by atoms with Gasteiger partial charge in [0.25, 0.3) is 13.4 Å². The predicted molar refractivity (Wildman–Crippen MR) is 513 cm³/mol. The lowest BCUT2D eigenvalue weighted by molar-refractivity contribution is 1.22. The summed E-state index contributed by atoms with van der Waals surface area (Å²) >= 11 is 5.62. The number of benzene rings is 18. The van der Waals surface area contributed by atoms with E-state index in [1.54, 1.807) is 0 Å². The molecule has 0 N–H and O–H groups in total. The number of hydrogen-bond donors (Lipinski definition) is 0. The second kappa shape index (κ2) is 27.1. The van der Waals surface area contributed by atoms with Crippen LogP contribution in [0, 0.1) is 0 Å². The highest BCUT2D eigenvalue weighted by atomic mass is 32.1. The Balaban J connectivity index is 0.832. The van der Waals surface area contributed by atoms with E-state index in [-0.39, 0.29) is 13.4 Å². The first-order valence-corrected chi connectivity index (χ1v) is 43.2. The molecule has 25 rings (SSSR count). The maximum Gasteiger partial charge on any atom is 0.252 e. The fourth-order valence-electron chi connectivity index (χ4n) is 20.1. The highest BCUT2D eigenvalue weighted by Gasteiger charge is 2.50. The van der Waals surface area contributed by atoms with Crippen LogP contribution in [-0.4, -0.2) is 13.4 Å². The van der Waals surface area contributed by atoms with Crippen LogP contribution in [0.3, 0.4) is 0 Å². The maximum atomic E-state index is 2.72. The molecule has 0 saturated heterocycles. The van der Waals surface area contributed by atoms with E-state index in [1.807, 2.05) is 34.0 Å². The van der Waals surface area contributed by atoms with Crippen LogP contribution < -0.4 is 62.2 Å². The van der Waals surface area contributed by atoms with Gasteiger partial charge in [-0.2, -0.15) is 0 Å². The third-order valence-electron chi connectivity index (χ3n) is 24.9. The van der Waals surface area contributed by atoms with E-state index in [2.05, 4.69) is 442 Å². The van der Waals surface area contributed by atoms with Crippen molar-refractivity contribution < 1.29 is 0 Å². The van der Waals surface area contributed by atoms with Crippen LogP contribution in [0.25, 0.3) is 82.8 Å². The van der Waals surface area contributed by atoms with Crippen LogP contribution in [0.1, 0.15) is 0 Å². The highest BCUT2D eigenvalue weighted by molar-refractivity contribution is 7.27. The number of para-hydroxylation sites is 7. The number of nitrogens with zero attached hydrogens (tertiary/aromatic N) is 6. The number of thiophene rings is 3. The third kappa shape index (κ3) is 10.4. The van der Waals surface area contributed by atoms with Crippen molar-refractivity contribution in [2.24, 2.45) is 0 Å². The van der Waals surface area contributed by atoms with Crippen molar-refractivity contribution in [2.45, 2.75) is 0 Å². The van der Waals surface area contributed by atoms with E-state index in [4.69, 9.17) is 0 Å². The lowest BCUT2D eigenvalue weighted by atomic mass is 9.30. The molecule has 21 aromatic rings. The average molecular weight is 1570 g/mol. The molecule has 4 aliphatic heterocycles. The van der Waals surface area contributed by atoms with E-state index >= 15 is 0 Å². The SMILES string of the molecule is c1ccc(-c2cccc(-c3ccccc3)c2N(c2ccccc2)c2cc3c4c(c2)N(c2cccc5sc6ccccc6c25)c2cc5c(cc2B4c2ccccc2N3c2cccc3sc4ccccc4c23)B2c3ccccc3N(c3ccccc3)c3cc(N(c4ccccc4)c4cccc6c4sc4ccccc46)cc(c32)N5c2ccccc2)cc1. The van der Waals surface area contributed by atoms with E-state index in [1.165, 1.54) is 93.3 Å². The van der Waals surface area contributed by atoms with Gasteiger partial charge in [-0.3, -0.25) is 0 Å². The molecule has 18 aromatic carbocycles. The minimum absolute atomic E-state index is 0.245. The molecule has 0 saturated carbocycles. The monoisotopic (exact) mass is 1570 g/mol. The van der Waals surface area contributed by atoms with Crippen LogP contribution in [0.2, 0.25) is 0 Å².